The van der Waals surface area contributed by atoms with Crippen LogP contribution in [0.15, 0.2) is 30.3 Å². The Hall–Kier alpha value is -1.79. The van der Waals surface area contributed by atoms with E-state index in [9.17, 15) is 4.79 Å². The molecule has 3 nitrogen and oxygen atoms in total. The molecule has 0 unspecified atom stereocenters. The highest BCUT2D eigenvalue weighted by Gasteiger charge is 2.13. The Labute approximate surface area is 115 Å². The molecule has 0 radical (unpaired) electrons. The number of esters is 1. The molecule has 0 aliphatic rings. The topological polar surface area (TPSA) is 29.5 Å². The lowest BCUT2D eigenvalue weighted by molar-refractivity contribution is -0.144. The van der Waals surface area contributed by atoms with Crippen molar-refractivity contribution in [2.75, 3.05) is 19.7 Å². The fraction of sp³-hybridized carbons (Fsp3) is 0.438. The minimum absolute atomic E-state index is 0.197. The zero-order valence-electron chi connectivity index (χ0n) is 11.8. The number of ether oxygens (including phenoxy) is 1. The van der Waals surface area contributed by atoms with Crippen molar-refractivity contribution in [3.63, 3.8) is 0 Å². The standard InChI is InChI=1S/C16H21NO2/c1-4-19-16(18)13-17(14(2)3)12-8-11-15-9-6-5-7-10-15/h5-7,9-10,14H,4,12-13H2,1-3H3. The third-order valence-electron chi connectivity index (χ3n) is 2.66. The average Bonchev–Trinajstić information content (AvgIpc) is 2.39. The van der Waals surface area contributed by atoms with E-state index in [2.05, 4.69) is 11.8 Å². The van der Waals surface area contributed by atoms with E-state index < -0.39 is 0 Å². The zero-order chi connectivity index (χ0) is 14.1. The van der Waals surface area contributed by atoms with E-state index >= 15 is 0 Å². The Morgan fingerprint density at radius 2 is 2.00 bits per heavy atom. The third-order valence-corrected chi connectivity index (χ3v) is 2.66. The first-order chi connectivity index (χ1) is 9.13. The highest BCUT2D eigenvalue weighted by Crippen LogP contribution is 1.99. The summed E-state index contributed by atoms with van der Waals surface area (Å²) in [6.07, 6.45) is 0. The van der Waals surface area contributed by atoms with Crippen LogP contribution in [-0.2, 0) is 9.53 Å². The second-order valence-electron chi connectivity index (χ2n) is 4.47. The van der Waals surface area contributed by atoms with Gasteiger partial charge in [0.25, 0.3) is 0 Å². The molecule has 19 heavy (non-hydrogen) atoms. The predicted octanol–water partition coefficient (Wildman–Crippen LogP) is 2.31. The van der Waals surface area contributed by atoms with Crippen LogP contribution >= 0.6 is 0 Å². The summed E-state index contributed by atoms with van der Waals surface area (Å²) < 4.78 is 4.96. The van der Waals surface area contributed by atoms with E-state index in [1.54, 1.807) is 0 Å². The summed E-state index contributed by atoms with van der Waals surface area (Å²) in [6, 6.07) is 10.1. The second kappa shape index (κ2) is 8.34. The Bertz CT molecular complexity index is 443. The van der Waals surface area contributed by atoms with Crippen molar-refractivity contribution in [1.29, 1.82) is 0 Å². The normalized spacial score (nSPS) is 10.2. The van der Waals surface area contributed by atoms with Gasteiger partial charge in [-0.1, -0.05) is 30.0 Å². The molecule has 0 aliphatic carbocycles. The van der Waals surface area contributed by atoms with Gasteiger partial charge in [0, 0.05) is 11.6 Å². The smallest absolute Gasteiger partial charge is 0.320 e. The van der Waals surface area contributed by atoms with Crippen LogP contribution in [0.4, 0.5) is 0 Å². The first-order valence-corrected chi connectivity index (χ1v) is 6.57. The maximum absolute atomic E-state index is 11.5. The Kier molecular flexibility index (Phi) is 6.70. The van der Waals surface area contributed by atoms with Crippen LogP contribution in [0, 0.1) is 11.8 Å². The molecule has 1 aromatic carbocycles. The van der Waals surface area contributed by atoms with Gasteiger partial charge in [-0.05, 0) is 32.9 Å². The molecule has 0 aliphatic heterocycles. The average molecular weight is 259 g/mol. The van der Waals surface area contributed by atoms with Crippen LogP contribution in [0.25, 0.3) is 0 Å². The highest BCUT2D eigenvalue weighted by molar-refractivity contribution is 5.71. The van der Waals surface area contributed by atoms with Crippen LogP contribution in [-0.4, -0.2) is 36.6 Å². The summed E-state index contributed by atoms with van der Waals surface area (Å²) in [5.41, 5.74) is 0.988. The first-order valence-electron chi connectivity index (χ1n) is 6.57. The summed E-state index contributed by atoms with van der Waals surface area (Å²) in [5.74, 6) is 5.99. The van der Waals surface area contributed by atoms with Crippen molar-refractivity contribution in [2.45, 2.75) is 26.8 Å². The van der Waals surface area contributed by atoms with Crippen LogP contribution in [0.1, 0.15) is 26.3 Å². The number of hydrogen-bond donors (Lipinski definition) is 0. The van der Waals surface area contributed by atoms with Crippen LogP contribution in [0.2, 0.25) is 0 Å². The monoisotopic (exact) mass is 259 g/mol. The van der Waals surface area contributed by atoms with Gasteiger partial charge in [-0.15, -0.1) is 0 Å². The molecule has 0 aromatic heterocycles. The van der Waals surface area contributed by atoms with Gasteiger partial charge in [-0.3, -0.25) is 9.69 Å². The second-order valence-corrected chi connectivity index (χ2v) is 4.47. The molecule has 0 spiro atoms. The molecule has 3 heteroatoms. The van der Waals surface area contributed by atoms with E-state index in [0.29, 0.717) is 13.2 Å². The van der Waals surface area contributed by atoms with Crippen molar-refractivity contribution in [3.05, 3.63) is 35.9 Å². The number of carbonyl (C=O) groups is 1. The fourth-order valence-corrected chi connectivity index (χ4v) is 1.56. The Morgan fingerprint density at radius 3 is 2.58 bits per heavy atom. The molecule has 0 fully saturated rings. The van der Waals surface area contributed by atoms with Gasteiger partial charge >= 0.3 is 5.97 Å². The van der Waals surface area contributed by atoms with Gasteiger partial charge in [0.15, 0.2) is 0 Å². The molecule has 0 saturated heterocycles. The van der Waals surface area contributed by atoms with E-state index in [-0.39, 0.29) is 18.6 Å². The minimum atomic E-state index is -0.197. The van der Waals surface area contributed by atoms with Gasteiger partial charge in [0.1, 0.15) is 0 Å². The summed E-state index contributed by atoms with van der Waals surface area (Å²) in [7, 11) is 0. The molecule has 0 heterocycles. The first kappa shape index (κ1) is 15.3. The fourth-order valence-electron chi connectivity index (χ4n) is 1.56. The number of rotatable bonds is 5. The van der Waals surface area contributed by atoms with Crippen LogP contribution in [0.3, 0.4) is 0 Å². The SMILES string of the molecule is CCOC(=O)CN(CC#Cc1ccccc1)C(C)C. The lowest BCUT2D eigenvalue weighted by Gasteiger charge is -2.22. The maximum atomic E-state index is 11.5. The van der Waals surface area contributed by atoms with Gasteiger partial charge in [-0.25, -0.2) is 0 Å². The van der Waals surface area contributed by atoms with Crippen molar-refractivity contribution in [1.82, 2.24) is 4.90 Å². The molecular weight excluding hydrogens is 238 g/mol. The largest absolute Gasteiger partial charge is 0.465 e. The highest BCUT2D eigenvalue weighted by atomic mass is 16.5. The quantitative estimate of drug-likeness (QED) is 0.600. The van der Waals surface area contributed by atoms with Crippen molar-refractivity contribution < 1.29 is 9.53 Å². The van der Waals surface area contributed by atoms with Crippen LogP contribution in [0.5, 0.6) is 0 Å². The van der Waals surface area contributed by atoms with Gasteiger partial charge < -0.3 is 4.74 Å². The van der Waals surface area contributed by atoms with E-state index in [1.807, 2.05) is 56.0 Å². The molecule has 102 valence electrons. The van der Waals surface area contributed by atoms with Crippen molar-refractivity contribution >= 4 is 5.97 Å². The molecule has 0 amide bonds. The number of nitrogens with zero attached hydrogens (tertiary/aromatic N) is 1. The predicted molar refractivity (Wildman–Crippen MR) is 76.7 cm³/mol. The zero-order valence-corrected chi connectivity index (χ0v) is 11.8. The molecule has 0 saturated carbocycles. The molecule has 1 aromatic rings. The molecular formula is C16H21NO2. The maximum Gasteiger partial charge on any atom is 0.320 e. The van der Waals surface area contributed by atoms with Crippen molar-refractivity contribution in [3.8, 4) is 11.8 Å². The lowest BCUT2D eigenvalue weighted by atomic mass is 10.2. The summed E-state index contributed by atoms with van der Waals surface area (Å²) in [5, 5.41) is 0. The lowest BCUT2D eigenvalue weighted by Crippen LogP contribution is -2.36. The summed E-state index contributed by atoms with van der Waals surface area (Å²) in [6.45, 7) is 7.17. The van der Waals surface area contributed by atoms with Gasteiger partial charge in [0.05, 0.1) is 19.7 Å². The third kappa shape index (κ3) is 6.08. The van der Waals surface area contributed by atoms with Gasteiger partial charge in [0.2, 0.25) is 0 Å². The van der Waals surface area contributed by atoms with Crippen molar-refractivity contribution in [2.24, 2.45) is 0 Å². The van der Waals surface area contributed by atoms with E-state index in [0.717, 1.165) is 5.56 Å². The Balaban J connectivity index is 2.55. The Morgan fingerprint density at radius 1 is 1.32 bits per heavy atom. The number of benzene rings is 1. The molecule has 0 bridgehead atoms. The van der Waals surface area contributed by atoms with Crippen LogP contribution < -0.4 is 0 Å². The summed E-state index contributed by atoms with van der Waals surface area (Å²) in [4.78, 5) is 13.5. The van der Waals surface area contributed by atoms with E-state index in [1.165, 1.54) is 0 Å². The van der Waals surface area contributed by atoms with E-state index in [4.69, 9.17) is 4.74 Å². The molecule has 0 N–H and O–H groups in total. The summed E-state index contributed by atoms with van der Waals surface area (Å²) >= 11 is 0. The number of hydrogen-bond acceptors (Lipinski definition) is 3. The minimum Gasteiger partial charge on any atom is -0.465 e. The molecule has 0 atom stereocenters. The molecule has 1 rings (SSSR count). The van der Waals surface area contributed by atoms with Gasteiger partial charge in [-0.2, -0.15) is 0 Å². The number of carbonyl (C=O) groups excluding carboxylic acids is 1.